The lowest BCUT2D eigenvalue weighted by Crippen LogP contribution is -2.49. The number of fused-ring (bicyclic) bond motifs is 1. The summed E-state index contributed by atoms with van der Waals surface area (Å²) in [5.74, 6) is -0.202. The lowest BCUT2D eigenvalue weighted by molar-refractivity contribution is -0.145. The predicted molar refractivity (Wildman–Crippen MR) is 107 cm³/mol. The number of unbranched alkanes of at least 4 members (excludes halogenated alkanes) is 2. The number of rotatable bonds is 8. The van der Waals surface area contributed by atoms with Crippen molar-refractivity contribution in [3.8, 4) is 0 Å². The molecule has 1 N–H and O–H groups in total. The molecule has 2 aromatic rings. The van der Waals surface area contributed by atoms with Crippen LogP contribution in [0.2, 0.25) is 0 Å². The summed E-state index contributed by atoms with van der Waals surface area (Å²) in [6.07, 6.45) is 2.90. The van der Waals surface area contributed by atoms with Gasteiger partial charge in [0, 0.05) is 17.8 Å². The van der Waals surface area contributed by atoms with E-state index in [2.05, 4.69) is 10.4 Å². The Bertz CT molecular complexity index is 795. The molecule has 27 heavy (non-hydrogen) atoms. The number of ether oxygens (including phenoxy) is 1. The number of nitrogens with zero attached hydrogens (tertiary/aromatic N) is 2. The number of amides is 1. The van der Waals surface area contributed by atoms with E-state index in [4.69, 9.17) is 16.3 Å². The van der Waals surface area contributed by atoms with E-state index < -0.39 is 17.4 Å². The average molecular weight is 394 g/mol. The first-order valence-electron chi connectivity index (χ1n) is 9.19. The van der Waals surface area contributed by atoms with E-state index in [0.717, 1.165) is 30.2 Å². The van der Waals surface area contributed by atoms with Crippen LogP contribution in [0.25, 0.3) is 10.9 Å². The van der Waals surface area contributed by atoms with Gasteiger partial charge in [-0.15, -0.1) is 11.6 Å². The van der Waals surface area contributed by atoms with E-state index >= 15 is 0 Å². The second-order valence-electron chi connectivity index (χ2n) is 7.63. The van der Waals surface area contributed by atoms with Crippen LogP contribution in [0.15, 0.2) is 24.3 Å². The van der Waals surface area contributed by atoms with Crippen molar-refractivity contribution in [3.63, 3.8) is 0 Å². The van der Waals surface area contributed by atoms with Gasteiger partial charge in [0.15, 0.2) is 5.69 Å². The van der Waals surface area contributed by atoms with Crippen LogP contribution in [0.3, 0.4) is 0 Å². The number of hydrogen-bond donors (Lipinski definition) is 1. The van der Waals surface area contributed by atoms with Crippen LogP contribution in [0.4, 0.5) is 0 Å². The van der Waals surface area contributed by atoms with Crippen LogP contribution in [0.5, 0.6) is 0 Å². The maximum atomic E-state index is 12.9. The molecule has 0 fully saturated rings. The van der Waals surface area contributed by atoms with Crippen molar-refractivity contribution in [1.82, 2.24) is 15.1 Å². The Hall–Kier alpha value is -2.08. The molecule has 1 heterocycles. The molecule has 0 aliphatic carbocycles. The zero-order valence-corrected chi connectivity index (χ0v) is 17.2. The number of aryl methyl sites for hydroxylation is 1. The number of aromatic nitrogens is 2. The number of halogens is 1. The molecule has 0 bridgehead atoms. The van der Waals surface area contributed by atoms with Gasteiger partial charge in [-0.2, -0.15) is 5.10 Å². The third kappa shape index (κ3) is 5.22. The summed E-state index contributed by atoms with van der Waals surface area (Å²) in [6.45, 7) is 6.34. The van der Waals surface area contributed by atoms with Crippen molar-refractivity contribution in [2.45, 2.75) is 52.6 Å². The fourth-order valence-corrected chi connectivity index (χ4v) is 3.13. The second-order valence-corrected chi connectivity index (χ2v) is 8.01. The highest BCUT2D eigenvalue weighted by Gasteiger charge is 2.34. The van der Waals surface area contributed by atoms with E-state index in [1.165, 1.54) is 7.11 Å². The molecule has 1 aromatic heterocycles. The highest BCUT2D eigenvalue weighted by molar-refractivity contribution is 6.17. The summed E-state index contributed by atoms with van der Waals surface area (Å²) in [5.41, 5.74) is 0.739. The lowest BCUT2D eigenvalue weighted by atomic mass is 9.86. The summed E-state index contributed by atoms with van der Waals surface area (Å²) in [4.78, 5) is 25.0. The van der Waals surface area contributed by atoms with Gasteiger partial charge in [0.1, 0.15) is 6.04 Å². The Morgan fingerprint density at radius 2 is 1.93 bits per heavy atom. The molecule has 7 heteroatoms. The number of methoxy groups -OCH3 is 1. The quantitative estimate of drug-likeness (QED) is 0.421. The Morgan fingerprint density at radius 1 is 1.22 bits per heavy atom. The van der Waals surface area contributed by atoms with Crippen molar-refractivity contribution in [3.05, 3.63) is 30.0 Å². The standard InChI is InChI=1S/C20H28ClN3O3/c1-20(2,3)17(19(26)27-4)22-18(25)16-14-10-6-7-11-15(14)24(23-16)13-9-5-8-12-21/h6-7,10-11,17H,5,8-9,12-13H2,1-4H3,(H,22,25)/t17-/m1/s1. The number of hydrogen-bond acceptors (Lipinski definition) is 4. The molecule has 0 aliphatic heterocycles. The second kappa shape index (κ2) is 9.22. The maximum Gasteiger partial charge on any atom is 0.328 e. The van der Waals surface area contributed by atoms with Gasteiger partial charge >= 0.3 is 5.97 Å². The van der Waals surface area contributed by atoms with Crippen molar-refractivity contribution in [1.29, 1.82) is 0 Å². The Morgan fingerprint density at radius 3 is 2.56 bits per heavy atom. The molecule has 0 aliphatic rings. The fourth-order valence-electron chi connectivity index (χ4n) is 2.94. The Labute approximate surface area is 165 Å². The molecule has 0 radical (unpaired) electrons. The van der Waals surface area contributed by atoms with Crippen molar-refractivity contribution in [2.24, 2.45) is 5.41 Å². The minimum Gasteiger partial charge on any atom is -0.467 e. The molecule has 2 rings (SSSR count). The number of para-hydroxylation sites is 1. The third-order valence-corrected chi connectivity index (χ3v) is 4.72. The van der Waals surface area contributed by atoms with Crippen LogP contribution in [0.1, 0.15) is 50.5 Å². The van der Waals surface area contributed by atoms with Crippen LogP contribution >= 0.6 is 11.6 Å². The first kappa shape index (κ1) is 21.2. The summed E-state index contributed by atoms with van der Waals surface area (Å²) >= 11 is 5.73. The molecule has 148 valence electrons. The number of esters is 1. The molecular weight excluding hydrogens is 366 g/mol. The summed E-state index contributed by atoms with van der Waals surface area (Å²) in [5, 5.41) is 8.09. The van der Waals surface area contributed by atoms with Gasteiger partial charge in [-0.3, -0.25) is 9.48 Å². The van der Waals surface area contributed by atoms with Gasteiger partial charge in [-0.1, -0.05) is 45.4 Å². The zero-order valence-electron chi connectivity index (χ0n) is 16.4. The van der Waals surface area contributed by atoms with E-state index in [1.807, 2.05) is 49.7 Å². The molecule has 1 atom stereocenters. The van der Waals surface area contributed by atoms with Crippen LogP contribution < -0.4 is 5.32 Å². The number of carbonyl (C=O) groups excluding carboxylic acids is 2. The molecular formula is C20H28ClN3O3. The highest BCUT2D eigenvalue weighted by Crippen LogP contribution is 2.23. The molecule has 1 amide bonds. The van der Waals surface area contributed by atoms with Gasteiger partial charge in [0.25, 0.3) is 5.91 Å². The number of benzene rings is 1. The van der Waals surface area contributed by atoms with E-state index in [0.29, 0.717) is 18.1 Å². The minimum absolute atomic E-state index is 0.320. The number of alkyl halides is 1. The van der Waals surface area contributed by atoms with E-state index in [-0.39, 0.29) is 5.91 Å². The summed E-state index contributed by atoms with van der Waals surface area (Å²) in [7, 11) is 1.32. The van der Waals surface area contributed by atoms with Gasteiger partial charge < -0.3 is 10.1 Å². The fraction of sp³-hybridized carbons (Fsp3) is 0.550. The van der Waals surface area contributed by atoms with Gasteiger partial charge in [-0.25, -0.2) is 4.79 Å². The minimum atomic E-state index is -0.761. The van der Waals surface area contributed by atoms with Crippen LogP contribution in [-0.4, -0.2) is 40.7 Å². The molecule has 6 nitrogen and oxygen atoms in total. The molecule has 1 aromatic carbocycles. The SMILES string of the molecule is COC(=O)[C@@H](NC(=O)c1nn(CCCCCCl)c2ccccc12)C(C)(C)C. The summed E-state index contributed by atoms with van der Waals surface area (Å²) in [6, 6.07) is 6.86. The van der Waals surface area contributed by atoms with E-state index in [9.17, 15) is 9.59 Å². The Kier molecular flexibility index (Phi) is 7.25. The summed E-state index contributed by atoms with van der Waals surface area (Å²) < 4.78 is 6.70. The molecule has 0 spiro atoms. The van der Waals surface area contributed by atoms with Crippen molar-refractivity contribution in [2.75, 3.05) is 13.0 Å². The van der Waals surface area contributed by atoms with Crippen LogP contribution in [0, 0.1) is 5.41 Å². The number of nitrogens with one attached hydrogen (secondary N) is 1. The normalized spacial score (nSPS) is 12.8. The topological polar surface area (TPSA) is 73.2 Å². The molecule has 0 unspecified atom stereocenters. The zero-order chi connectivity index (χ0) is 20.0. The molecule has 0 saturated carbocycles. The highest BCUT2D eigenvalue weighted by atomic mass is 35.5. The first-order valence-corrected chi connectivity index (χ1v) is 9.73. The first-order chi connectivity index (χ1) is 12.8. The van der Waals surface area contributed by atoms with Gasteiger partial charge in [0.2, 0.25) is 0 Å². The predicted octanol–water partition coefficient (Wildman–Crippen LogP) is 3.76. The Balaban J connectivity index is 2.28. The van der Waals surface area contributed by atoms with Gasteiger partial charge in [0.05, 0.1) is 12.6 Å². The smallest absolute Gasteiger partial charge is 0.328 e. The number of carbonyl (C=O) groups is 2. The average Bonchev–Trinajstić information content (AvgIpc) is 3.00. The monoisotopic (exact) mass is 393 g/mol. The largest absolute Gasteiger partial charge is 0.467 e. The van der Waals surface area contributed by atoms with Crippen molar-refractivity contribution >= 4 is 34.4 Å². The molecule has 0 saturated heterocycles. The van der Waals surface area contributed by atoms with Crippen molar-refractivity contribution < 1.29 is 14.3 Å². The van der Waals surface area contributed by atoms with E-state index in [1.54, 1.807) is 0 Å². The maximum absolute atomic E-state index is 12.9. The lowest BCUT2D eigenvalue weighted by Gasteiger charge is -2.28. The third-order valence-electron chi connectivity index (χ3n) is 4.45. The van der Waals surface area contributed by atoms with Crippen LogP contribution in [-0.2, 0) is 16.1 Å². The van der Waals surface area contributed by atoms with Gasteiger partial charge in [-0.05, 0) is 24.3 Å².